The number of rotatable bonds is 5. The van der Waals surface area contributed by atoms with Crippen molar-refractivity contribution >= 4 is 11.9 Å². The van der Waals surface area contributed by atoms with E-state index in [9.17, 15) is 9.59 Å². The number of carbonyl (C=O) groups excluding carboxylic acids is 1. The fourth-order valence-corrected chi connectivity index (χ4v) is 2.67. The van der Waals surface area contributed by atoms with E-state index in [-0.39, 0.29) is 17.9 Å². The second-order valence-corrected chi connectivity index (χ2v) is 5.06. The molecular formula is C15H19NO5. The molecule has 0 aliphatic heterocycles. The van der Waals surface area contributed by atoms with E-state index in [1.807, 2.05) is 0 Å². The van der Waals surface area contributed by atoms with Crippen molar-refractivity contribution in [1.29, 1.82) is 0 Å². The molecule has 1 aromatic carbocycles. The first-order chi connectivity index (χ1) is 10.1. The molecule has 1 aromatic rings. The van der Waals surface area contributed by atoms with Gasteiger partial charge in [-0.05, 0) is 31.4 Å². The number of benzene rings is 1. The molecule has 0 spiro atoms. The lowest BCUT2D eigenvalue weighted by Crippen LogP contribution is -2.33. The van der Waals surface area contributed by atoms with Crippen LogP contribution in [0.2, 0.25) is 0 Å². The third kappa shape index (κ3) is 3.26. The zero-order chi connectivity index (χ0) is 15.4. The number of amides is 1. The predicted octanol–water partition coefficient (Wildman–Crippen LogP) is 1.69. The number of nitrogens with one attached hydrogen (secondary N) is 1. The maximum Gasteiger partial charge on any atom is 0.306 e. The van der Waals surface area contributed by atoms with E-state index in [1.165, 1.54) is 14.2 Å². The molecule has 6 nitrogen and oxygen atoms in total. The number of para-hydroxylation sites is 1. The first-order valence-corrected chi connectivity index (χ1v) is 6.81. The second-order valence-electron chi connectivity index (χ2n) is 5.06. The Labute approximate surface area is 123 Å². The Hall–Kier alpha value is -2.24. The lowest BCUT2D eigenvalue weighted by atomic mass is 10.1. The van der Waals surface area contributed by atoms with Crippen molar-refractivity contribution < 1.29 is 24.2 Å². The van der Waals surface area contributed by atoms with Crippen LogP contribution < -0.4 is 14.8 Å². The number of hydrogen-bond acceptors (Lipinski definition) is 4. The third-order valence-corrected chi connectivity index (χ3v) is 3.76. The van der Waals surface area contributed by atoms with E-state index >= 15 is 0 Å². The van der Waals surface area contributed by atoms with Gasteiger partial charge in [-0.3, -0.25) is 9.59 Å². The number of carboxylic acid groups (broad SMARTS) is 1. The summed E-state index contributed by atoms with van der Waals surface area (Å²) >= 11 is 0. The molecular weight excluding hydrogens is 274 g/mol. The summed E-state index contributed by atoms with van der Waals surface area (Å²) in [5, 5.41) is 11.9. The number of aliphatic carboxylic acids is 1. The highest BCUT2D eigenvalue weighted by Crippen LogP contribution is 2.31. The number of carbonyl (C=O) groups is 2. The van der Waals surface area contributed by atoms with Gasteiger partial charge in [0.15, 0.2) is 11.5 Å². The van der Waals surface area contributed by atoms with Gasteiger partial charge in [0.05, 0.1) is 25.7 Å². The fraction of sp³-hybridized carbons (Fsp3) is 0.467. The Morgan fingerprint density at radius 3 is 2.57 bits per heavy atom. The van der Waals surface area contributed by atoms with Gasteiger partial charge in [-0.2, -0.15) is 0 Å². The molecule has 0 radical (unpaired) electrons. The van der Waals surface area contributed by atoms with Gasteiger partial charge in [0, 0.05) is 6.04 Å². The molecule has 0 bridgehead atoms. The van der Waals surface area contributed by atoms with Crippen LogP contribution in [-0.4, -0.2) is 37.2 Å². The zero-order valence-corrected chi connectivity index (χ0v) is 12.1. The average Bonchev–Trinajstić information content (AvgIpc) is 2.94. The van der Waals surface area contributed by atoms with Crippen molar-refractivity contribution in [3.8, 4) is 11.5 Å². The van der Waals surface area contributed by atoms with Crippen LogP contribution in [0.3, 0.4) is 0 Å². The van der Waals surface area contributed by atoms with Gasteiger partial charge in [0.25, 0.3) is 5.91 Å². The van der Waals surface area contributed by atoms with Gasteiger partial charge < -0.3 is 19.9 Å². The SMILES string of the molecule is COc1cccc(C(=O)N[C@H]2CC[C@@H](C(=O)O)C2)c1OC. The smallest absolute Gasteiger partial charge is 0.306 e. The fourth-order valence-electron chi connectivity index (χ4n) is 2.67. The highest BCUT2D eigenvalue weighted by atomic mass is 16.5. The maximum absolute atomic E-state index is 12.3. The third-order valence-electron chi connectivity index (χ3n) is 3.76. The van der Waals surface area contributed by atoms with Gasteiger partial charge in [0.2, 0.25) is 0 Å². The van der Waals surface area contributed by atoms with Gasteiger partial charge in [-0.15, -0.1) is 0 Å². The molecule has 2 atom stereocenters. The maximum atomic E-state index is 12.3. The minimum Gasteiger partial charge on any atom is -0.493 e. The van der Waals surface area contributed by atoms with E-state index in [0.29, 0.717) is 36.3 Å². The van der Waals surface area contributed by atoms with Crippen LogP contribution in [0.1, 0.15) is 29.6 Å². The standard InChI is InChI=1S/C15H19NO5/c1-20-12-5-3-4-11(13(12)21-2)14(17)16-10-7-6-9(8-10)15(18)19/h3-5,9-10H,6-8H2,1-2H3,(H,16,17)(H,18,19)/t9-,10+/m1/s1. The van der Waals surface area contributed by atoms with Gasteiger partial charge >= 0.3 is 5.97 Å². The summed E-state index contributed by atoms with van der Waals surface area (Å²) in [6, 6.07) is 4.96. The molecule has 21 heavy (non-hydrogen) atoms. The normalized spacial score (nSPS) is 20.9. The highest BCUT2D eigenvalue weighted by molar-refractivity contribution is 5.98. The van der Waals surface area contributed by atoms with E-state index in [0.717, 1.165) is 0 Å². The van der Waals surface area contributed by atoms with Crippen LogP contribution in [0.15, 0.2) is 18.2 Å². The van der Waals surface area contributed by atoms with Crippen molar-refractivity contribution in [3.05, 3.63) is 23.8 Å². The van der Waals surface area contributed by atoms with Crippen molar-refractivity contribution in [2.75, 3.05) is 14.2 Å². The van der Waals surface area contributed by atoms with Crippen LogP contribution in [0, 0.1) is 5.92 Å². The zero-order valence-electron chi connectivity index (χ0n) is 12.1. The molecule has 0 heterocycles. The van der Waals surface area contributed by atoms with E-state index in [4.69, 9.17) is 14.6 Å². The summed E-state index contributed by atoms with van der Waals surface area (Å²) in [4.78, 5) is 23.3. The van der Waals surface area contributed by atoms with Crippen LogP contribution in [0.5, 0.6) is 11.5 Å². The molecule has 1 aliphatic rings. The lowest BCUT2D eigenvalue weighted by molar-refractivity contribution is -0.141. The molecule has 2 rings (SSSR count). The Morgan fingerprint density at radius 2 is 2.00 bits per heavy atom. The predicted molar refractivity (Wildman–Crippen MR) is 75.8 cm³/mol. The van der Waals surface area contributed by atoms with Crippen LogP contribution in [0.4, 0.5) is 0 Å². The summed E-state index contributed by atoms with van der Waals surface area (Å²) < 4.78 is 10.4. The summed E-state index contributed by atoms with van der Waals surface area (Å²) in [5.74, 6) is -0.583. The Bertz CT molecular complexity index is 543. The van der Waals surface area contributed by atoms with Crippen LogP contribution in [-0.2, 0) is 4.79 Å². The topological polar surface area (TPSA) is 84.9 Å². The highest BCUT2D eigenvalue weighted by Gasteiger charge is 2.31. The number of carboxylic acids is 1. The quantitative estimate of drug-likeness (QED) is 0.863. The molecule has 114 valence electrons. The molecule has 1 saturated carbocycles. The average molecular weight is 293 g/mol. The molecule has 0 aromatic heterocycles. The van der Waals surface area contributed by atoms with Crippen LogP contribution in [0.25, 0.3) is 0 Å². The second kappa shape index (κ2) is 6.47. The monoisotopic (exact) mass is 293 g/mol. The van der Waals surface area contributed by atoms with E-state index < -0.39 is 5.97 Å². The van der Waals surface area contributed by atoms with Crippen molar-refractivity contribution in [1.82, 2.24) is 5.32 Å². The number of methoxy groups -OCH3 is 2. The molecule has 1 amide bonds. The molecule has 1 fully saturated rings. The van der Waals surface area contributed by atoms with Crippen molar-refractivity contribution in [3.63, 3.8) is 0 Å². The largest absolute Gasteiger partial charge is 0.493 e. The summed E-state index contributed by atoms with van der Waals surface area (Å²) in [6.07, 6.45) is 1.73. The number of ether oxygens (including phenoxy) is 2. The Kier molecular flexibility index (Phi) is 4.67. The van der Waals surface area contributed by atoms with Gasteiger partial charge in [-0.1, -0.05) is 6.07 Å². The molecule has 0 saturated heterocycles. The first kappa shape index (κ1) is 15.2. The van der Waals surface area contributed by atoms with E-state index in [2.05, 4.69) is 5.32 Å². The molecule has 0 unspecified atom stereocenters. The minimum atomic E-state index is -0.800. The number of hydrogen-bond donors (Lipinski definition) is 2. The van der Waals surface area contributed by atoms with Gasteiger partial charge in [-0.25, -0.2) is 0 Å². The van der Waals surface area contributed by atoms with Gasteiger partial charge in [0.1, 0.15) is 0 Å². The minimum absolute atomic E-state index is 0.116. The molecule has 2 N–H and O–H groups in total. The lowest BCUT2D eigenvalue weighted by Gasteiger charge is -2.15. The molecule has 1 aliphatic carbocycles. The Balaban J connectivity index is 2.09. The van der Waals surface area contributed by atoms with E-state index in [1.54, 1.807) is 18.2 Å². The molecule has 6 heteroatoms. The first-order valence-electron chi connectivity index (χ1n) is 6.81. The van der Waals surface area contributed by atoms with Crippen molar-refractivity contribution in [2.45, 2.75) is 25.3 Å². The summed E-state index contributed by atoms with van der Waals surface area (Å²) in [5.41, 5.74) is 0.385. The van der Waals surface area contributed by atoms with Crippen LogP contribution >= 0.6 is 0 Å². The Morgan fingerprint density at radius 1 is 1.24 bits per heavy atom. The summed E-state index contributed by atoms with van der Waals surface area (Å²) in [7, 11) is 2.98. The summed E-state index contributed by atoms with van der Waals surface area (Å²) in [6.45, 7) is 0. The van der Waals surface area contributed by atoms with Crippen molar-refractivity contribution in [2.24, 2.45) is 5.92 Å².